The third kappa shape index (κ3) is 2.05. The third-order valence-electron chi connectivity index (χ3n) is 3.86. The zero-order valence-corrected chi connectivity index (χ0v) is 10.9. The molecule has 2 aromatic rings. The number of nitrogens with zero attached hydrogens (tertiary/aromatic N) is 4. The molecule has 0 bridgehead atoms. The van der Waals surface area contributed by atoms with E-state index in [1.807, 2.05) is 17.5 Å². The third-order valence-corrected chi connectivity index (χ3v) is 3.86. The van der Waals surface area contributed by atoms with Gasteiger partial charge in [-0.2, -0.15) is 0 Å². The van der Waals surface area contributed by atoms with Crippen LogP contribution in [-0.4, -0.2) is 26.1 Å². The van der Waals surface area contributed by atoms with E-state index in [0.29, 0.717) is 0 Å². The number of fused-ring (bicyclic) bond motifs is 1. The highest BCUT2D eigenvalue weighted by Gasteiger charge is 2.21. The normalized spacial score (nSPS) is 23.7. The van der Waals surface area contributed by atoms with Gasteiger partial charge in [0.05, 0.1) is 0 Å². The predicted octanol–water partition coefficient (Wildman–Crippen LogP) is 2.28. The molecule has 2 unspecified atom stereocenters. The first-order chi connectivity index (χ1) is 8.74. The fourth-order valence-electron chi connectivity index (χ4n) is 2.82. The average molecular weight is 245 g/mol. The monoisotopic (exact) mass is 245 g/mol. The van der Waals surface area contributed by atoms with Gasteiger partial charge in [-0.05, 0) is 31.6 Å². The minimum absolute atomic E-state index is 0.770. The van der Waals surface area contributed by atoms with Gasteiger partial charge in [-0.1, -0.05) is 13.3 Å². The van der Waals surface area contributed by atoms with E-state index in [4.69, 9.17) is 0 Å². The van der Waals surface area contributed by atoms with Crippen LogP contribution in [0.25, 0.3) is 5.65 Å². The van der Waals surface area contributed by atoms with Crippen LogP contribution in [0.1, 0.15) is 32.0 Å². The second-order valence-corrected chi connectivity index (χ2v) is 5.38. The molecule has 0 radical (unpaired) electrons. The van der Waals surface area contributed by atoms with Gasteiger partial charge in [0.2, 0.25) is 5.65 Å². The summed E-state index contributed by atoms with van der Waals surface area (Å²) in [6, 6.07) is 0. The maximum Gasteiger partial charge on any atom is 0.203 e. The molecule has 2 atom stereocenters. The van der Waals surface area contributed by atoms with Gasteiger partial charge >= 0.3 is 0 Å². The Morgan fingerprint density at radius 3 is 3.06 bits per heavy atom. The molecule has 18 heavy (non-hydrogen) atoms. The smallest absolute Gasteiger partial charge is 0.203 e. The minimum Gasteiger partial charge on any atom is -0.367 e. The zero-order valence-electron chi connectivity index (χ0n) is 10.9. The van der Waals surface area contributed by atoms with Crippen molar-refractivity contribution in [3.8, 4) is 0 Å². The fraction of sp³-hybridized carbons (Fsp3) is 0.615. The van der Waals surface area contributed by atoms with Crippen molar-refractivity contribution in [3.63, 3.8) is 0 Å². The van der Waals surface area contributed by atoms with Crippen molar-refractivity contribution in [2.24, 2.45) is 11.8 Å². The number of aromatic nitrogens is 4. The quantitative estimate of drug-likeness (QED) is 0.901. The topological polar surface area (TPSA) is 55.1 Å². The van der Waals surface area contributed by atoms with Crippen molar-refractivity contribution in [1.29, 1.82) is 0 Å². The standard InChI is InChI=1S/C13H19N5/c1-9-3-4-11(7-9)8-15-12-13-17-16-10(2)18(13)6-5-14-12/h5-6,9,11H,3-4,7-8H2,1-2H3,(H,14,15). The summed E-state index contributed by atoms with van der Waals surface area (Å²) in [5, 5.41) is 11.7. The van der Waals surface area contributed by atoms with Crippen LogP contribution >= 0.6 is 0 Å². The summed E-state index contributed by atoms with van der Waals surface area (Å²) in [6.45, 7) is 5.27. The van der Waals surface area contributed by atoms with Gasteiger partial charge in [0.25, 0.3) is 0 Å². The lowest BCUT2D eigenvalue weighted by Crippen LogP contribution is -2.13. The molecule has 2 aromatic heterocycles. The summed E-state index contributed by atoms with van der Waals surface area (Å²) in [6.07, 6.45) is 7.69. The summed E-state index contributed by atoms with van der Waals surface area (Å²) in [7, 11) is 0. The van der Waals surface area contributed by atoms with Crippen LogP contribution in [-0.2, 0) is 0 Å². The fourth-order valence-corrected chi connectivity index (χ4v) is 2.82. The maximum absolute atomic E-state index is 4.37. The molecule has 5 nitrogen and oxygen atoms in total. The van der Waals surface area contributed by atoms with Crippen LogP contribution in [0.5, 0.6) is 0 Å². The van der Waals surface area contributed by atoms with Crippen molar-refractivity contribution in [2.45, 2.75) is 33.1 Å². The lowest BCUT2D eigenvalue weighted by Gasteiger charge is -2.11. The molecule has 0 aliphatic heterocycles. The lowest BCUT2D eigenvalue weighted by atomic mass is 10.1. The molecule has 1 saturated carbocycles. The van der Waals surface area contributed by atoms with Gasteiger partial charge < -0.3 is 5.32 Å². The molecule has 1 aliphatic rings. The summed E-state index contributed by atoms with van der Waals surface area (Å²) in [4.78, 5) is 4.37. The summed E-state index contributed by atoms with van der Waals surface area (Å²) in [5.74, 6) is 3.38. The molecule has 5 heteroatoms. The number of hydrogen-bond donors (Lipinski definition) is 1. The second kappa shape index (κ2) is 4.55. The Hall–Kier alpha value is -1.65. The number of aryl methyl sites for hydroxylation is 1. The Balaban J connectivity index is 1.74. The van der Waals surface area contributed by atoms with E-state index in [-0.39, 0.29) is 0 Å². The zero-order chi connectivity index (χ0) is 12.5. The van der Waals surface area contributed by atoms with Crippen molar-refractivity contribution >= 4 is 11.5 Å². The minimum atomic E-state index is 0.770. The number of rotatable bonds is 3. The van der Waals surface area contributed by atoms with Crippen LogP contribution in [0.2, 0.25) is 0 Å². The highest BCUT2D eigenvalue weighted by Crippen LogP contribution is 2.30. The van der Waals surface area contributed by atoms with E-state index in [1.54, 1.807) is 6.20 Å². The number of hydrogen-bond acceptors (Lipinski definition) is 4. The van der Waals surface area contributed by atoms with E-state index >= 15 is 0 Å². The number of anilines is 1. The van der Waals surface area contributed by atoms with E-state index in [9.17, 15) is 0 Å². The van der Waals surface area contributed by atoms with Crippen LogP contribution in [0.4, 0.5) is 5.82 Å². The summed E-state index contributed by atoms with van der Waals surface area (Å²) >= 11 is 0. The summed E-state index contributed by atoms with van der Waals surface area (Å²) in [5.41, 5.74) is 0.820. The van der Waals surface area contributed by atoms with Crippen molar-refractivity contribution in [2.75, 3.05) is 11.9 Å². The van der Waals surface area contributed by atoms with Crippen LogP contribution < -0.4 is 5.32 Å². The predicted molar refractivity (Wildman–Crippen MR) is 70.5 cm³/mol. The SMILES string of the molecule is Cc1nnc2c(NCC3CCC(C)C3)nccn12. The van der Waals surface area contributed by atoms with E-state index < -0.39 is 0 Å². The molecule has 0 amide bonds. The largest absolute Gasteiger partial charge is 0.367 e. The molecule has 1 N–H and O–H groups in total. The van der Waals surface area contributed by atoms with Gasteiger partial charge in [0.1, 0.15) is 5.82 Å². The summed E-state index contributed by atoms with van der Waals surface area (Å²) < 4.78 is 1.96. The molecule has 0 spiro atoms. The molecule has 1 fully saturated rings. The molecule has 96 valence electrons. The van der Waals surface area contributed by atoms with Crippen LogP contribution in [0.3, 0.4) is 0 Å². The van der Waals surface area contributed by atoms with Crippen LogP contribution in [0, 0.1) is 18.8 Å². The second-order valence-electron chi connectivity index (χ2n) is 5.38. The molecular weight excluding hydrogens is 226 g/mol. The van der Waals surface area contributed by atoms with Gasteiger partial charge in [-0.15, -0.1) is 10.2 Å². The first kappa shape index (κ1) is 11.4. The lowest BCUT2D eigenvalue weighted by molar-refractivity contribution is 0.536. The maximum atomic E-state index is 4.37. The Morgan fingerprint density at radius 2 is 2.28 bits per heavy atom. The van der Waals surface area contributed by atoms with Gasteiger partial charge in [-0.25, -0.2) is 4.98 Å². The molecule has 1 aliphatic carbocycles. The van der Waals surface area contributed by atoms with Crippen LogP contribution in [0.15, 0.2) is 12.4 Å². The molecule has 0 aromatic carbocycles. The van der Waals surface area contributed by atoms with Gasteiger partial charge in [0.15, 0.2) is 5.82 Å². The molecule has 3 rings (SSSR count). The van der Waals surface area contributed by atoms with Crippen molar-refractivity contribution in [3.05, 3.63) is 18.2 Å². The first-order valence-electron chi connectivity index (χ1n) is 6.64. The first-order valence-corrected chi connectivity index (χ1v) is 6.64. The van der Waals surface area contributed by atoms with E-state index in [1.165, 1.54) is 19.3 Å². The Morgan fingerprint density at radius 1 is 1.39 bits per heavy atom. The Labute approximate surface area is 107 Å². The Bertz CT molecular complexity index is 547. The van der Waals surface area contributed by atoms with Crippen molar-refractivity contribution < 1.29 is 0 Å². The van der Waals surface area contributed by atoms with E-state index in [0.717, 1.165) is 35.7 Å². The van der Waals surface area contributed by atoms with Gasteiger partial charge in [0, 0.05) is 18.9 Å². The van der Waals surface area contributed by atoms with E-state index in [2.05, 4.69) is 27.4 Å². The Kier molecular flexibility index (Phi) is 2.89. The van der Waals surface area contributed by atoms with Gasteiger partial charge in [-0.3, -0.25) is 4.40 Å². The molecule has 2 heterocycles. The molecular formula is C13H19N5. The molecule has 0 saturated heterocycles. The highest BCUT2D eigenvalue weighted by molar-refractivity contribution is 5.61. The van der Waals surface area contributed by atoms with Crippen molar-refractivity contribution in [1.82, 2.24) is 19.6 Å². The highest BCUT2D eigenvalue weighted by atomic mass is 15.3. The number of nitrogens with one attached hydrogen (secondary N) is 1. The average Bonchev–Trinajstić information content (AvgIpc) is 2.94.